The summed E-state index contributed by atoms with van der Waals surface area (Å²) in [5, 5.41) is 8.20. The van der Waals surface area contributed by atoms with Gasteiger partial charge in [0.15, 0.2) is 0 Å². The number of hydrogen-bond donors (Lipinski definition) is 1. The molecule has 1 aromatic carbocycles. The summed E-state index contributed by atoms with van der Waals surface area (Å²) in [6, 6.07) is 2.47. The van der Waals surface area contributed by atoms with Gasteiger partial charge in [-0.1, -0.05) is 30.1 Å². The summed E-state index contributed by atoms with van der Waals surface area (Å²) < 4.78 is 16.1. The summed E-state index contributed by atoms with van der Waals surface area (Å²) in [6.45, 7) is 5.34. The zero-order valence-corrected chi connectivity index (χ0v) is 14.8. The molecule has 0 aliphatic heterocycles. The molecule has 1 N–H and O–H groups in total. The van der Waals surface area contributed by atoms with Crippen LogP contribution in [-0.4, -0.2) is 9.78 Å². The maximum atomic E-state index is 13.2. The first-order valence-electron chi connectivity index (χ1n) is 6.60. The van der Waals surface area contributed by atoms with E-state index in [4.69, 9.17) is 23.2 Å². The molecule has 0 aliphatic rings. The smallest absolute Gasteiger partial charge is 0.126 e. The largest absolute Gasteiger partial charge is 0.377 e. The van der Waals surface area contributed by atoms with Crippen LogP contribution in [0.15, 0.2) is 16.6 Å². The normalized spacial score (nSPS) is 11.0. The van der Waals surface area contributed by atoms with Crippen molar-refractivity contribution in [1.82, 2.24) is 9.78 Å². The quantitative estimate of drug-likeness (QED) is 0.746. The zero-order chi connectivity index (χ0) is 15.6. The topological polar surface area (TPSA) is 29.9 Å². The van der Waals surface area contributed by atoms with Crippen molar-refractivity contribution in [3.63, 3.8) is 0 Å². The number of nitrogens with zero attached hydrogens (tertiary/aromatic N) is 2. The zero-order valence-electron chi connectivity index (χ0n) is 11.7. The van der Waals surface area contributed by atoms with Gasteiger partial charge in [0.2, 0.25) is 0 Å². The predicted octanol–water partition coefficient (Wildman–Crippen LogP) is 5.29. The summed E-state index contributed by atoms with van der Waals surface area (Å²) >= 11 is 15.6. The van der Waals surface area contributed by atoms with Crippen molar-refractivity contribution in [3.05, 3.63) is 43.9 Å². The molecule has 3 nitrogen and oxygen atoms in total. The number of nitrogens with one attached hydrogen (secondary N) is 1. The van der Waals surface area contributed by atoms with Crippen LogP contribution in [0.2, 0.25) is 10.0 Å². The van der Waals surface area contributed by atoms with Gasteiger partial charge in [-0.15, -0.1) is 0 Å². The van der Waals surface area contributed by atoms with Crippen LogP contribution >= 0.6 is 39.1 Å². The van der Waals surface area contributed by atoms with Crippen molar-refractivity contribution in [2.24, 2.45) is 0 Å². The van der Waals surface area contributed by atoms with Crippen LogP contribution in [0.5, 0.6) is 0 Å². The molecular weight excluding hydrogens is 380 g/mol. The second kappa shape index (κ2) is 6.99. The minimum absolute atomic E-state index is 0.259. The van der Waals surface area contributed by atoms with Crippen LogP contribution in [0.4, 0.5) is 10.1 Å². The summed E-state index contributed by atoms with van der Waals surface area (Å²) in [5.74, 6) is -0.455. The lowest BCUT2D eigenvalue weighted by Crippen LogP contribution is -2.09. The highest BCUT2D eigenvalue weighted by atomic mass is 79.9. The lowest BCUT2D eigenvalue weighted by molar-refractivity contribution is 0.618. The van der Waals surface area contributed by atoms with Crippen molar-refractivity contribution in [2.45, 2.75) is 33.4 Å². The number of benzene rings is 1. The summed E-state index contributed by atoms with van der Waals surface area (Å²) in [5.41, 5.74) is 2.53. The highest BCUT2D eigenvalue weighted by molar-refractivity contribution is 9.10. The van der Waals surface area contributed by atoms with Gasteiger partial charge in [0.05, 0.1) is 38.1 Å². The highest BCUT2D eigenvalue weighted by Crippen LogP contribution is 2.32. The average Bonchev–Trinajstić information content (AvgIpc) is 2.73. The summed E-state index contributed by atoms with van der Waals surface area (Å²) in [6.07, 6.45) is 0.846. The van der Waals surface area contributed by atoms with Gasteiger partial charge < -0.3 is 5.32 Å². The molecule has 0 spiro atoms. The van der Waals surface area contributed by atoms with Gasteiger partial charge in [0, 0.05) is 6.54 Å². The van der Waals surface area contributed by atoms with Gasteiger partial charge in [-0.05, 0) is 41.4 Å². The Morgan fingerprint density at radius 1 is 1.29 bits per heavy atom. The van der Waals surface area contributed by atoms with Crippen LogP contribution in [0, 0.1) is 5.82 Å². The van der Waals surface area contributed by atoms with Crippen LogP contribution in [0.1, 0.15) is 25.2 Å². The number of rotatable bonds is 5. The molecule has 0 fully saturated rings. The molecule has 2 rings (SSSR count). The third-order valence-corrected chi connectivity index (χ3v) is 4.65. The molecule has 0 unspecified atom stereocenters. The molecule has 0 atom stereocenters. The van der Waals surface area contributed by atoms with E-state index in [0.29, 0.717) is 12.2 Å². The van der Waals surface area contributed by atoms with Crippen molar-refractivity contribution in [3.8, 4) is 0 Å². The Kier molecular flexibility index (Phi) is 5.52. The lowest BCUT2D eigenvalue weighted by Gasteiger charge is -2.12. The first-order chi connectivity index (χ1) is 9.97. The maximum absolute atomic E-state index is 13.2. The molecule has 0 bridgehead atoms. The Morgan fingerprint density at radius 2 is 1.90 bits per heavy atom. The van der Waals surface area contributed by atoms with E-state index < -0.39 is 5.82 Å². The molecule has 21 heavy (non-hydrogen) atoms. The van der Waals surface area contributed by atoms with E-state index in [1.54, 1.807) is 0 Å². The molecule has 0 saturated carbocycles. The van der Waals surface area contributed by atoms with Crippen molar-refractivity contribution >= 4 is 44.8 Å². The van der Waals surface area contributed by atoms with Crippen LogP contribution in [-0.2, 0) is 19.5 Å². The van der Waals surface area contributed by atoms with Crippen molar-refractivity contribution in [2.75, 3.05) is 5.32 Å². The fraction of sp³-hybridized carbons (Fsp3) is 0.357. The fourth-order valence-corrected chi connectivity index (χ4v) is 3.37. The van der Waals surface area contributed by atoms with E-state index in [0.717, 1.165) is 28.8 Å². The third-order valence-electron chi connectivity index (χ3n) is 3.13. The Morgan fingerprint density at radius 3 is 2.43 bits per heavy atom. The Labute approximate surface area is 141 Å². The minimum atomic E-state index is -0.455. The lowest BCUT2D eigenvalue weighted by atomic mass is 10.2. The molecule has 0 saturated heterocycles. The first kappa shape index (κ1) is 16.6. The van der Waals surface area contributed by atoms with E-state index in [1.807, 2.05) is 11.6 Å². The van der Waals surface area contributed by atoms with Crippen LogP contribution in [0.25, 0.3) is 0 Å². The molecule has 2 aromatic rings. The molecule has 0 radical (unpaired) electrons. The SMILES string of the molecule is CCc1nn(CC)c(CNc2c(Cl)cc(F)cc2Cl)c1Br. The molecule has 0 amide bonds. The van der Waals surface area contributed by atoms with E-state index in [1.165, 1.54) is 12.1 Å². The molecule has 1 aromatic heterocycles. The van der Waals surface area contributed by atoms with Crippen molar-refractivity contribution < 1.29 is 4.39 Å². The number of aromatic nitrogens is 2. The molecule has 114 valence electrons. The number of aryl methyl sites for hydroxylation is 2. The Balaban J connectivity index is 2.26. The molecule has 7 heteroatoms. The van der Waals surface area contributed by atoms with E-state index in [2.05, 4.69) is 33.3 Å². The molecule has 1 heterocycles. The second-order valence-electron chi connectivity index (χ2n) is 4.47. The Bertz CT molecular complexity index is 635. The second-order valence-corrected chi connectivity index (χ2v) is 6.08. The Hall–Kier alpha value is -0.780. The summed E-state index contributed by atoms with van der Waals surface area (Å²) in [4.78, 5) is 0. The van der Waals surface area contributed by atoms with Crippen LogP contribution in [0.3, 0.4) is 0 Å². The monoisotopic (exact) mass is 393 g/mol. The molecule has 0 aliphatic carbocycles. The van der Waals surface area contributed by atoms with Gasteiger partial charge in [-0.3, -0.25) is 4.68 Å². The number of hydrogen-bond acceptors (Lipinski definition) is 2. The van der Waals surface area contributed by atoms with Gasteiger partial charge in [-0.2, -0.15) is 5.10 Å². The van der Waals surface area contributed by atoms with Gasteiger partial charge in [-0.25, -0.2) is 4.39 Å². The number of halogens is 4. The summed E-state index contributed by atoms with van der Waals surface area (Å²) in [7, 11) is 0. The van der Waals surface area contributed by atoms with Crippen LogP contribution < -0.4 is 5.32 Å². The standard InChI is InChI=1S/C14H15BrCl2FN3/c1-3-11-13(15)12(21(4-2)20-11)7-19-14-9(16)5-8(18)6-10(14)17/h5-6,19H,3-4,7H2,1-2H3. The average molecular weight is 395 g/mol. The fourth-order valence-electron chi connectivity index (χ4n) is 2.07. The maximum Gasteiger partial charge on any atom is 0.126 e. The van der Waals surface area contributed by atoms with E-state index >= 15 is 0 Å². The van der Waals surface area contributed by atoms with Crippen molar-refractivity contribution in [1.29, 1.82) is 0 Å². The highest BCUT2D eigenvalue weighted by Gasteiger charge is 2.15. The van der Waals surface area contributed by atoms with E-state index in [-0.39, 0.29) is 10.0 Å². The molecular formula is C14H15BrCl2FN3. The minimum Gasteiger partial charge on any atom is -0.377 e. The van der Waals surface area contributed by atoms with Gasteiger partial charge >= 0.3 is 0 Å². The predicted molar refractivity (Wildman–Crippen MR) is 88.7 cm³/mol. The van der Waals surface area contributed by atoms with Gasteiger partial charge in [0.1, 0.15) is 5.82 Å². The van der Waals surface area contributed by atoms with Gasteiger partial charge in [0.25, 0.3) is 0 Å². The van der Waals surface area contributed by atoms with E-state index in [9.17, 15) is 4.39 Å². The third kappa shape index (κ3) is 3.52. The number of anilines is 1. The first-order valence-corrected chi connectivity index (χ1v) is 8.15.